The number of hydrogen-bond acceptors (Lipinski definition) is 0. The van der Waals surface area contributed by atoms with E-state index in [-0.39, 0.29) is 25.0 Å². The quantitative estimate of drug-likeness (QED) is 0.519. The summed E-state index contributed by atoms with van der Waals surface area (Å²) in [6, 6.07) is 10.9. The topological polar surface area (TPSA) is 0 Å². The van der Waals surface area contributed by atoms with Crippen LogP contribution in [0.2, 0.25) is 0 Å². The molecular weight excluding hydrogens is 327 g/mol. The molecule has 2 aliphatic rings. The summed E-state index contributed by atoms with van der Waals surface area (Å²) in [6.45, 7) is 2.27. The van der Waals surface area contributed by atoms with E-state index >= 15 is 0 Å². The molecule has 0 aromatic heterocycles. The first-order chi connectivity index (χ1) is 10.4. The van der Waals surface area contributed by atoms with E-state index in [1.54, 1.807) is 0 Å². The number of benzene rings is 1. The van der Waals surface area contributed by atoms with Crippen molar-refractivity contribution >= 4 is 13.2 Å². The summed E-state index contributed by atoms with van der Waals surface area (Å²) in [5.41, 5.74) is 1.52. The third-order valence-corrected chi connectivity index (χ3v) is 5.92. The molecule has 3 rings (SSSR count). The maximum atomic E-state index is 2.27. The molecule has 0 heterocycles. The molecule has 2 fully saturated rings. The SMILES string of the molecule is CCCC[P@]([C]1[CH][CH][CH][CH]1)c1ccccc1.[CH]1[CH][CH][CH][CH]1.[Fe+2]. The van der Waals surface area contributed by atoms with Crippen molar-refractivity contribution in [3.05, 3.63) is 93.8 Å². The minimum absolute atomic E-state index is 0. The van der Waals surface area contributed by atoms with E-state index in [1.165, 1.54) is 30.0 Å². The first-order valence-corrected chi connectivity index (χ1v) is 9.15. The van der Waals surface area contributed by atoms with Gasteiger partial charge in [0.15, 0.2) is 0 Å². The molecule has 10 radical (unpaired) electrons. The second-order valence-electron chi connectivity index (χ2n) is 4.95. The molecule has 2 aliphatic carbocycles. The molecule has 0 aliphatic heterocycles. The van der Waals surface area contributed by atoms with E-state index in [1.807, 2.05) is 32.1 Å². The maximum Gasteiger partial charge on any atom is 2.00 e. The molecule has 0 bridgehead atoms. The molecule has 1 aromatic carbocycles. The van der Waals surface area contributed by atoms with E-state index in [2.05, 4.69) is 62.9 Å². The van der Waals surface area contributed by atoms with Crippen molar-refractivity contribution < 1.29 is 17.1 Å². The summed E-state index contributed by atoms with van der Waals surface area (Å²) in [6.07, 6.45) is 22.8. The van der Waals surface area contributed by atoms with E-state index < -0.39 is 0 Å². The fraction of sp³-hybridized carbons (Fsp3) is 0.200. The zero-order valence-corrected chi connectivity index (χ0v) is 15.0. The molecule has 2 saturated carbocycles. The van der Waals surface area contributed by atoms with Crippen LogP contribution in [0.25, 0.3) is 0 Å². The van der Waals surface area contributed by atoms with Gasteiger partial charge < -0.3 is 0 Å². The van der Waals surface area contributed by atoms with Crippen LogP contribution < -0.4 is 5.30 Å². The van der Waals surface area contributed by atoms with Crippen LogP contribution in [0, 0.1) is 63.4 Å². The molecule has 0 unspecified atom stereocenters. The zero-order valence-electron chi connectivity index (χ0n) is 13.0. The molecular formula is C20H23FeP+2. The minimum atomic E-state index is -0.120. The van der Waals surface area contributed by atoms with Gasteiger partial charge in [-0.1, -0.05) is 51.6 Å². The molecule has 0 N–H and O–H groups in total. The van der Waals surface area contributed by atoms with Crippen LogP contribution in [0.15, 0.2) is 30.3 Å². The standard InChI is InChI=1S/C15H18P.C5H5.Fe/c1-2-3-13-16(15-11-7-8-12-15)14-9-5-4-6-10-14;1-2-4-5-3-1;/h4-12H,2-3,13H2,1H3;1-5H;/q;;+2/t16-;;/m0../s1. The van der Waals surface area contributed by atoms with Gasteiger partial charge in [-0.15, -0.1) is 0 Å². The molecule has 1 atom stereocenters. The Kier molecular flexibility index (Phi) is 11.6. The average Bonchev–Trinajstić information content (AvgIpc) is 3.25. The summed E-state index contributed by atoms with van der Waals surface area (Å²) in [7, 11) is -0.120. The Labute approximate surface area is 150 Å². The average molecular weight is 350 g/mol. The van der Waals surface area contributed by atoms with Crippen molar-refractivity contribution in [3.63, 3.8) is 0 Å². The Hall–Kier alpha value is 0.169. The number of rotatable bonds is 5. The third-order valence-electron chi connectivity index (χ3n) is 3.32. The second-order valence-corrected chi connectivity index (χ2v) is 7.28. The van der Waals surface area contributed by atoms with Gasteiger partial charge in [-0.2, -0.15) is 0 Å². The fourth-order valence-corrected chi connectivity index (χ4v) is 4.71. The van der Waals surface area contributed by atoms with E-state index in [0.717, 1.165) is 0 Å². The zero-order chi connectivity index (χ0) is 14.8. The smallest absolute Gasteiger partial charge is 0.0674 e. The van der Waals surface area contributed by atoms with Crippen LogP contribution in [-0.2, 0) is 17.1 Å². The van der Waals surface area contributed by atoms with Gasteiger partial charge in [0.05, 0.1) is 0 Å². The minimum Gasteiger partial charge on any atom is -0.0674 e. The molecule has 22 heavy (non-hydrogen) atoms. The van der Waals surface area contributed by atoms with Crippen LogP contribution in [0.3, 0.4) is 0 Å². The van der Waals surface area contributed by atoms with Crippen molar-refractivity contribution in [1.29, 1.82) is 0 Å². The molecule has 0 spiro atoms. The molecule has 0 saturated heterocycles. The van der Waals surface area contributed by atoms with Crippen molar-refractivity contribution in [3.8, 4) is 0 Å². The van der Waals surface area contributed by atoms with Crippen LogP contribution in [-0.4, -0.2) is 6.16 Å². The van der Waals surface area contributed by atoms with Crippen LogP contribution in [0.5, 0.6) is 0 Å². The van der Waals surface area contributed by atoms with Gasteiger partial charge in [-0.05, 0) is 75.7 Å². The molecule has 114 valence electrons. The normalized spacial score (nSPS) is 19.1. The Morgan fingerprint density at radius 3 is 1.82 bits per heavy atom. The molecule has 2 heteroatoms. The summed E-state index contributed by atoms with van der Waals surface area (Å²) >= 11 is 0. The molecule has 0 amide bonds. The van der Waals surface area contributed by atoms with E-state index in [4.69, 9.17) is 0 Å². The van der Waals surface area contributed by atoms with Crippen molar-refractivity contribution in [2.75, 3.05) is 6.16 Å². The Balaban J connectivity index is 0.000000344. The second kappa shape index (κ2) is 12.6. The van der Waals surface area contributed by atoms with Gasteiger partial charge in [0.25, 0.3) is 0 Å². The van der Waals surface area contributed by atoms with Crippen molar-refractivity contribution in [2.24, 2.45) is 0 Å². The van der Waals surface area contributed by atoms with Crippen molar-refractivity contribution in [2.45, 2.75) is 19.8 Å². The largest absolute Gasteiger partial charge is 2.00 e. The Morgan fingerprint density at radius 1 is 0.773 bits per heavy atom. The van der Waals surface area contributed by atoms with Gasteiger partial charge in [0, 0.05) is 5.66 Å². The summed E-state index contributed by atoms with van der Waals surface area (Å²) in [4.78, 5) is 0. The first-order valence-electron chi connectivity index (χ1n) is 7.63. The Morgan fingerprint density at radius 2 is 1.32 bits per heavy atom. The third kappa shape index (κ3) is 7.16. The van der Waals surface area contributed by atoms with Crippen LogP contribution >= 0.6 is 7.92 Å². The number of unbranched alkanes of at least 4 members (excludes halogenated alkanes) is 1. The monoisotopic (exact) mass is 350 g/mol. The van der Waals surface area contributed by atoms with Crippen LogP contribution in [0.1, 0.15) is 19.8 Å². The fourth-order valence-electron chi connectivity index (χ4n) is 2.20. The predicted molar refractivity (Wildman–Crippen MR) is 94.7 cm³/mol. The van der Waals surface area contributed by atoms with Gasteiger partial charge in [0.1, 0.15) is 0 Å². The van der Waals surface area contributed by atoms with Gasteiger partial charge >= 0.3 is 17.1 Å². The van der Waals surface area contributed by atoms with E-state index in [0.29, 0.717) is 0 Å². The van der Waals surface area contributed by atoms with Gasteiger partial charge in [-0.25, -0.2) is 0 Å². The maximum absolute atomic E-state index is 2.27. The molecule has 1 aromatic rings. The van der Waals surface area contributed by atoms with Gasteiger partial charge in [-0.3, -0.25) is 0 Å². The summed E-state index contributed by atoms with van der Waals surface area (Å²) in [5.74, 6) is 0. The number of hydrogen-bond donors (Lipinski definition) is 0. The van der Waals surface area contributed by atoms with Crippen LogP contribution in [0.4, 0.5) is 0 Å². The summed E-state index contributed by atoms with van der Waals surface area (Å²) < 4.78 is 0. The van der Waals surface area contributed by atoms with Crippen molar-refractivity contribution in [1.82, 2.24) is 0 Å². The first kappa shape index (κ1) is 20.2. The van der Waals surface area contributed by atoms with E-state index in [9.17, 15) is 0 Å². The summed E-state index contributed by atoms with van der Waals surface area (Å²) in [5, 5.41) is 1.51. The molecule has 0 nitrogen and oxygen atoms in total. The predicted octanol–water partition coefficient (Wildman–Crippen LogP) is 4.98. The van der Waals surface area contributed by atoms with Gasteiger partial charge in [0.2, 0.25) is 0 Å². The Bertz CT molecular complexity index is 348.